The molecule has 0 radical (unpaired) electrons. The van der Waals surface area contributed by atoms with Crippen LogP contribution in [0.25, 0.3) is 0 Å². The predicted molar refractivity (Wildman–Crippen MR) is 76.7 cm³/mol. The minimum absolute atomic E-state index is 0.0313. The van der Waals surface area contributed by atoms with Crippen molar-refractivity contribution in [3.05, 3.63) is 0 Å². The van der Waals surface area contributed by atoms with Crippen LogP contribution in [-0.2, 0) is 9.59 Å². The lowest BCUT2D eigenvalue weighted by Gasteiger charge is -2.49. The van der Waals surface area contributed by atoms with Gasteiger partial charge in [-0.15, -0.1) is 0 Å². The van der Waals surface area contributed by atoms with Gasteiger partial charge in [-0.2, -0.15) is 0 Å². The lowest BCUT2D eigenvalue weighted by Crippen LogP contribution is -2.73. The molecule has 0 aliphatic carbocycles. The third-order valence-corrected chi connectivity index (χ3v) is 4.13. The van der Waals surface area contributed by atoms with E-state index in [2.05, 4.69) is 26.1 Å². The standard InChI is InChI=1S/C15H28N2O2/c1-8-15(7)12(19)17(10-9-13(2,3)4)14(5,6)11(18)16-15/h8-10H2,1-7H3,(H,16,18). The van der Waals surface area contributed by atoms with Gasteiger partial charge in [0.05, 0.1) is 0 Å². The fourth-order valence-electron chi connectivity index (χ4n) is 2.20. The zero-order valence-corrected chi connectivity index (χ0v) is 13.4. The Hall–Kier alpha value is -1.06. The number of carbonyl (C=O) groups is 2. The Labute approximate surface area is 116 Å². The van der Waals surface area contributed by atoms with E-state index in [0.29, 0.717) is 13.0 Å². The summed E-state index contributed by atoms with van der Waals surface area (Å²) in [6, 6.07) is 0. The lowest BCUT2D eigenvalue weighted by atomic mass is 9.85. The Bertz CT molecular complexity index is 382. The summed E-state index contributed by atoms with van der Waals surface area (Å²) in [5, 5.41) is 2.88. The second-order valence-electron chi connectivity index (χ2n) is 7.47. The van der Waals surface area contributed by atoms with Gasteiger partial charge in [0.15, 0.2) is 0 Å². The number of amides is 2. The number of hydrogen-bond donors (Lipinski definition) is 1. The molecular formula is C15H28N2O2. The quantitative estimate of drug-likeness (QED) is 0.854. The average Bonchev–Trinajstić information content (AvgIpc) is 2.25. The molecule has 19 heavy (non-hydrogen) atoms. The van der Waals surface area contributed by atoms with Crippen LogP contribution in [-0.4, -0.2) is 34.3 Å². The van der Waals surface area contributed by atoms with Gasteiger partial charge in [0.2, 0.25) is 11.8 Å². The van der Waals surface area contributed by atoms with Crippen LogP contribution < -0.4 is 5.32 Å². The first kappa shape index (κ1) is 16.0. The van der Waals surface area contributed by atoms with Crippen molar-refractivity contribution in [1.82, 2.24) is 10.2 Å². The van der Waals surface area contributed by atoms with Gasteiger partial charge in [-0.3, -0.25) is 9.59 Å². The molecule has 4 nitrogen and oxygen atoms in total. The molecule has 110 valence electrons. The summed E-state index contributed by atoms with van der Waals surface area (Å²) in [6.45, 7) is 14.4. The summed E-state index contributed by atoms with van der Waals surface area (Å²) in [5.41, 5.74) is -1.38. The van der Waals surface area contributed by atoms with E-state index >= 15 is 0 Å². The molecule has 0 bridgehead atoms. The van der Waals surface area contributed by atoms with Crippen molar-refractivity contribution in [3.8, 4) is 0 Å². The van der Waals surface area contributed by atoms with Gasteiger partial charge in [0.25, 0.3) is 0 Å². The highest BCUT2D eigenvalue weighted by Gasteiger charge is 2.51. The van der Waals surface area contributed by atoms with E-state index in [4.69, 9.17) is 0 Å². The second-order valence-corrected chi connectivity index (χ2v) is 7.47. The van der Waals surface area contributed by atoms with Crippen molar-refractivity contribution in [2.75, 3.05) is 6.54 Å². The molecule has 0 aromatic carbocycles. The van der Waals surface area contributed by atoms with Crippen LogP contribution in [0.5, 0.6) is 0 Å². The number of hydrogen-bond acceptors (Lipinski definition) is 2. The monoisotopic (exact) mass is 268 g/mol. The molecular weight excluding hydrogens is 240 g/mol. The molecule has 1 aliphatic rings. The van der Waals surface area contributed by atoms with Gasteiger partial charge in [0, 0.05) is 6.54 Å². The molecule has 2 amide bonds. The van der Waals surface area contributed by atoms with Crippen molar-refractivity contribution >= 4 is 11.8 Å². The van der Waals surface area contributed by atoms with Gasteiger partial charge in [-0.05, 0) is 39.0 Å². The summed E-state index contributed by atoms with van der Waals surface area (Å²) < 4.78 is 0. The van der Waals surface area contributed by atoms with Crippen LogP contribution >= 0.6 is 0 Å². The largest absolute Gasteiger partial charge is 0.340 e. The van der Waals surface area contributed by atoms with Crippen molar-refractivity contribution < 1.29 is 9.59 Å². The number of piperazine rings is 1. The highest BCUT2D eigenvalue weighted by molar-refractivity contribution is 6.01. The third-order valence-electron chi connectivity index (χ3n) is 4.13. The molecule has 0 aromatic heterocycles. The Morgan fingerprint density at radius 1 is 1.16 bits per heavy atom. The number of nitrogens with zero attached hydrogens (tertiary/aromatic N) is 1. The Morgan fingerprint density at radius 2 is 1.68 bits per heavy atom. The molecule has 1 aliphatic heterocycles. The number of rotatable bonds is 3. The lowest BCUT2D eigenvalue weighted by molar-refractivity contribution is -0.160. The molecule has 0 aromatic rings. The van der Waals surface area contributed by atoms with Crippen LogP contribution in [0, 0.1) is 5.41 Å². The molecule has 0 saturated carbocycles. The van der Waals surface area contributed by atoms with E-state index < -0.39 is 11.1 Å². The maximum atomic E-state index is 12.7. The van der Waals surface area contributed by atoms with Gasteiger partial charge in [-0.25, -0.2) is 0 Å². The molecule has 1 heterocycles. The summed E-state index contributed by atoms with van der Waals surface area (Å²) in [4.78, 5) is 26.7. The number of carbonyl (C=O) groups excluding carboxylic acids is 2. The molecule has 1 fully saturated rings. The molecule has 1 atom stereocenters. The molecule has 1 unspecified atom stereocenters. The normalized spacial score (nSPS) is 27.4. The first-order valence-corrected chi connectivity index (χ1v) is 7.09. The molecule has 1 rings (SSSR count). The summed E-state index contributed by atoms with van der Waals surface area (Å²) in [5.74, 6) is -0.0331. The van der Waals surface area contributed by atoms with Crippen molar-refractivity contribution in [2.45, 2.75) is 72.4 Å². The maximum Gasteiger partial charge on any atom is 0.248 e. The van der Waals surface area contributed by atoms with Gasteiger partial charge in [0.1, 0.15) is 11.1 Å². The van der Waals surface area contributed by atoms with E-state index in [1.54, 1.807) is 4.90 Å². The van der Waals surface area contributed by atoms with E-state index in [1.807, 2.05) is 27.7 Å². The first-order chi connectivity index (χ1) is 8.44. The second kappa shape index (κ2) is 4.80. The topological polar surface area (TPSA) is 49.4 Å². The third kappa shape index (κ3) is 3.10. The van der Waals surface area contributed by atoms with Crippen LogP contribution in [0.15, 0.2) is 0 Å². The first-order valence-electron chi connectivity index (χ1n) is 7.09. The molecule has 1 saturated heterocycles. The smallest absolute Gasteiger partial charge is 0.248 e. The van der Waals surface area contributed by atoms with E-state index in [9.17, 15) is 9.59 Å². The van der Waals surface area contributed by atoms with Gasteiger partial charge < -0.3 is 10.2 Å². The van der Waals surface area contributed by atoms with Crippen molar-refractivity contribution in [1.29, 1.82) is 0 Å². The zero-order valence-electron chi connectivity index (χ0n) is 13.4. The Kier molecular flexibility index (Phi) is 4.04. The number of nitrogens with one attached hydrogen (secondary N) is 1. The Morgan fingerprint density at radius 3 is 2.11 bits per heavy atom. The van der Waals surface area contributed by atoms with Crippen LogP contribution in [0.4, 0.5) is 0 Å². The molecule has 1 N–H and O–H groups in total. The van der Waals surface area contributed by atoms with Gasteiger partial charge >= 0.3 is 0 Å². The molecule has 0 spiro atoms. The van der Waals surface area contributed by atoms with Crippen molar-refractivity contribution in [2.24, 2.45) is 5.41 Å². The predicted octanol–water partition coefficient (Wildman–Crippen LogP) is 2.33. The SMILES string of the molecule is CCC1(C)NC(=O)C(C)(C)N(CCC(C)(C)C)C1=O. The van der Waals surface area contributed by atoms with E-state index in [0.717, 1.165) is 6.42 Å². The van der Waals surface area contributed by atoms with Crippen LogP contribution in [0.1, 0.15) is 61.3 Å². The summed E-state index contributed by atoms with van der Waals surface area (Å²) in [7, 11) is 0. The van der Waals surface area contributed by atoms with Crippen LogP contribution in [0.3, 0.4) is 0 Å². The van der Waals surface area contributed by atoms with E-state index in [1.165, 1.54) is 0 Å². The minimum Gasteiger partial charge on any atom is -0.340 e. The summed E-state index contributed by atoms with van der Waals surface area (Å²) >= 11 is 0. The fraction of sp³-hybridized carbons (Fsp3) is 0.867. The maximum absolute atomic E-state index is 12.7. The minimum atomic E-state index is -0.767. The average molecular weight is 268 g/mol. The Balaban J connectivity index is 3.01. The highest BCUT2D eigenvalue weighted by atomic mass is 16.2. The molecule has 4 heteroatoms. The van der Waals surface area contributed by atoms with E-state index in [-0.39, 0.29) is 17.2 Å². The van der Waals surface area contributed by atoms with Crippen LogP contribution in [0.2, 0.25) is 0 Å². The van der Waals surface area contributed by atoms with Crippen molar-refractivity contribution in [3.63, 3.8) is 0 Å². The van der Waals surface area contributed by atoms with Gasteiger partial charge in [-0.1, -0.05) is 27.7 Å². The fourth-order valence-corrected chi connectivity index (χ4v) is 2.20. The highest BCUT2D eigenvalue weighted by Crippen LogP contribution is 2.30. The zero-order chi connectivity index (χ0) is 15.1. The summed E-state index contributed by atoms with van der Waals surface area (Å²) in [6.07, 6.45) is 1.49.